The van der Waals surface area contributed by atoms with Crippen LogP contribution in [0.2, 0.25) is 0 Å². The highest BCUT2D eigenvalue weighted by Crippen LogP contribution is 2.22. The molecule has 1 aliphatic heterocycles. The lowest BCUT2D eigenvalue weighted by molar-refractivity contribution is 0.249. The van der Waals surface area contributed by atoms with Gasteiger partial charge in [0.15, 0.2) is 15.0 Å². The number of thiazole rings is 1. The first kappa shape index (κ1) is 17.8. The number of carbonyl (C=O) groups is 1. The number of halogens is 1. The molecule has 134 valence electrons. The Morgan fingerprint density at radius 3 is 2.92 bits per heavy atom. The van der Waals surface area contributed by atoms with Gasteiger partial charge in [0.2, 0.25) is 0 Å². The average molecular weight is 383 g/mol. The highest BCUT2D eigenvalue weighted by Gasteiger charge is 2.29. The van der Waals surface area contributed by atoms with Gasteiger partial charge in [-0.05, 0) is 30.5 Å². The molecular weight excluding hydrogens is 365 g/mol. The molecule has 1 atom stereocenters. The van der Waals surface area contributed by atoms with E-state index in [-0.39, 0.29) is 23.4 Å². The van der Waals surface area contributed by atoms with Crippen LogP contribution in [0.4, 0.5) is 14.3 Å². The molecule has 2 amide bonds. The van der Waals surface area contributed by atoms with Gasteiger partial charge < -0.3 is 5.32 Å². The third kappa shape index (κ3) is 4.76. The van der Waals surface area contributed by atoms with Crippen molar-refractivity contribution in [1.82, 2.24) is 10.3 Å². The monoisotopic (exact) mass is 383 g/mol. The van der Waals surface area contributed by atoms with Gasteiger partial charge in [0.1, 0.15) is 5.82 Å². The second-order valence-corrected chi connectivity index (χ2v) is 9.43. The molecule has 1 aliphatic rings. The number of amides is 2. The van der Waals surface area contributed by atoms with Crippen molar-refractivity contribution in [3.63, 3.8) is 0 Å². The molecule has 1 saturated heterocycles. The molecule has 1 fully saturated rings. The number of aryl methyl sites for hydroxylation is 1. The third-order valence-corrected chi connectivity index (χ3v) is 6.64. The third-order valence-electron chi connectivity index (χ3n) is 3.96. The first-order chi connectivity index (χ1) is 11.8. The van der Waals surface area contributed by atoms with E-state index in [1.54, 1.807) is 19.2 Å². The largest absolute Gasteiger partial charge is 0.334 e. The Bertz CT molecular complexity index is 896. The number of hydrogen-bond donors (Lipinski definition) is 2. The number of urea groups is 1. The second kappa shape index (κ2) is 7.09. The number of aromatic nitrogens is 1. The number of nitrogens with one attached hydrogen (secondary N) is 2. The Balaban J connectivity index is 1.56. The van der Waals surface area contributed by atoms with Gasteiger partial charge in [0, 0.05) is 23.5 Å². The molecule has 6 nitrogen and oxygen atoms in total. The highest BCUT2D eigenvalue weighted by atomic mass is 32.2. The van der Waals surface area contributed by atoms with Crippen molar-refractivity contribution in [3.05, 3.63) is 46.2 Å². The van der Waals surface area contributed by atoms with E-state index in [2.05, 4.69) is 15.6 Å². The van der Waals surface area contributed by atoms with E-state index in [4.69, 9.17) is 0 Å². The molecular formula is C16H18FN3O3S2. The summed E-state index contributed by atoms with van der Waals surface area (Å²) in [6.07, 6.45) is 2.59. The maximum Gasteiger partial charge on any atom is 0.321 e. The predicted octanol–water partition coefficient (Wildman–Crippen LogP) is 2.49. The average Bonchev–Trinajstić information content (AvgIpc) is 3.09. The zero-order valence-electron chi connectivity index (χ0n) is 13.6. The SMILES string of the molecule is Cc1ccc(Cc2cnc(NC(=O)NC3CCS(=O)(=O)C3)s2)cc1F. The molecule has 0 bridgehead atoms. The Kier molecular flexibility index (Phi) is 5.05. The first-order valence-electron chi connectivity index (χ1n) is 7.78. The summed E-state index contributed by atoms with van der Waals surface area (Å²) in [4.78, 5) is 16.9. The van der Waals surface area contributed by atoms with Crippen LogP contribution in [-0.4, -0.2) is 37.0 Å². The van der Waals surface area contributed by atoms with Crippen LogP contribution in [0.5, 0.6) is 0 Å². The lowest BCUT2D eigenvalue weighted by atomic mass is 10.1. The fraction of sp³-hybridized carbons (Fsp3) is 0.375. The minimum atomic E-state index is -3.04. The molecule has 1 aromatic heterocycles. The van der Waals surface area contributed by atoms with Crippen molar-refractivity contribution in [3.8, 4) is 0 Å². The highest BCUT2D eigenvalue weighted by molar-refractivity contribution is 7.91. The van der Waals surface area contributed by atoms with Gasteiger partial charge in [0.25, 0.3) is 0 Å². The molecule has 0 radical (unpaired) electrons. The zero-order valence-corrected chi connectivity index (χ0v) is 15.2. The zero-order chi connectivity index (χ0) is 18.0. The molecule has 2 N–H and O–H groups in total. The minimum absolute atomic E-state index is 0.0253. The topological polar surface area (TPSA) is 88.2 Å². The van der Waals surface area contributed by atoms with Crippen LogP contribution in [0.3, 0.4) is 0 Å². The van der Waals surface area contributed by atoms with Crippen LogP contribution in [0.25, 0.3) is 0 Å². The number of nitrogens with zero attached hydrogens (tertiary/aromatic N) is 1. The van der Waals surface area contributed by atoms with Crippen molar-refractivity contribution in [2.45, 2.75) is 25.8 Å². The summed E-state index contributed by atoms with van der Waals surface area (Å²) in [5.74, 6) is -0.166. The van der Waals surface area contributed by atoms with Crippen LogP contribution in [0.15, 0.2) is 24.4 Å². The summed E-state index contributed by atoms with van der Waals surface area (Å²) in [5.41, 5.74) is 1.43. The second-order valence-electron chi connectivity index (χ2n) is 6.09. The van der Waals surface area contributed by atoms with E-state index in [0.29, 0.717) is 23.5 Å². The molecule has 3 rings (SSSR count). The van der Waals surface area contributed by atoms with Crippen molar-refractivity contribution in [2.75, 3.05) is 16.8 Å². The summed E-state index contributed by atoms with van der Waals surface area (Å²) in [6, 6.07) is 4.26. The first-order valence-corrected chi connectivity index (χ1v) is 10.4. The van der Waals surface area contributed by atoms with E-state index in [0.717, 1.165) is 10.4 Å². The summed E-state index contributed by atoms with van der Waals surface area (Å²) >= 11 is 1.30. The molecule has 9 heteroatoms. The summed E-state index contributed by atoms with van der Waals surface area (Å²) in [5, 5.41) is 5.67. The van der Waals surface area contributed by atoms with Crippen LogP contribution < -0.4 is 10.6 Å². The van der Waals surface area contributed by atoms with Crippen molar-refractivity contribution in [1.29, 1.82) is 0 Å². The fourth-order valence-electron chi connectivity index (χ4n) is 2.62. The van der Waals surface area contributed by atoms with Crippen LogP contribution in [0.1, 0.15) is 22.4 Å². The van der Waals surface area contributed by atoms with Gasteiger partial charge in [-0.15, -0.1) is 11.3 Å². The summed E-state index contributed by atoms with van der Waals surface area (Å²) in [7, 11) is -3.04. The molecule has 0 aliphatic carbocycles. The Morgan fingerprint density at radius 1 is 1.44 bits per heavy atom. The van der Waals surface area contributed by atoms with Gasteiger partial charge in [0.05, 0.1) is 11.5 Å². The molecule has 1 unspecified atom stereocenters. The van der Waals surface area contributed by atoms with Gasteiger partial charge in [-0.3, -0.25) is 5.32 Å². The van der Waals surface area contributed by atoms with Gasteiger partial charge >= 0.3 is 6.03 Å². The minimum Gasteiger partial charge on any atom is -0.334 e. The number of hydrogen-bond acceptors (Lipinski definition) is 5. The van der Waals surface area contributed by atoms with Gasteiger partial charge in [-0.25, -0.2) is 22.6 Å². The van der Waals surface area contributed by atoms with Crippen molar-refractivity contribution in [2.24, 2.45) is 0 Å². The quantitative estimate of drug-likeness (QED) is 0.849. The fourth-order valence-corrected chi connectivity index (χ4v) is 5.14. The smallest absolute Gasteiger partial charge is 0.321 e. The maximum absolute atomic E-state index is 13.6. The molecule has 1 aromatic carbocycles. The van der Waals surface area contributed by atoms with E-state index in [1.165, 1.54) is 17.4 Å². The number of anilines is 1. The summed E-state index contributed by atoms with van der Waals surface area (Å²) in [6.45, 7) is 1.71. The maximum atomic E-state index is 13.6. The molecule has 2 heterocycles. The Labute approximate surface area is 149 Å². The van der Waals surface area contributed by atoms with Crippen molar-refractivity contribution < 1.29 is 17.6 Å². The standard InChI is InChI=1S/C16H18FN3O3S2/c1-10-2-3-11(7-14(10)17)6-13-8-18-16(24-13)20-15(21)19-12-4-5-25(22,23)9-12/h2-3,7-8,12H,4-6,9H2,1H3,(H2,18,19,20,21). The number of sulfone groups is 1. The Morgan fingerprint density at radius 2 is 2.24 bits per heavy atom. The van der Waals surface area contributed by atoms with E-state index >= 15 is 0 Å². The molecule has 0 saturated carbocycles. The Hall–Kier alpha value is -2.00. The number of benzene rings is 1. The molecule has 2 aromatic rings. The normalized spacial score (nSPS) is 18.9. The van der Waals surface area contributed by atoms with E-state index < -0.39 is 15.9 Å². The van der Waals surface area contributed by atoms with Crippen LogP contribution >= 0.6 is 11.3 Å². The molecule has 25 heavy (non-hydrogen) atoms. The number of carbonyl (C=O) groups excluding carboxylic acids is 1. The molecule has 0 spiro atoms. The van der Waals surface area contributed by atoms with E-state index in [9.17, 15) is 17.6 Å². The van der Waals surface area contributed by atoms with Crippen LogP contribution in [-0.2, 0) is 16.3 Å². The lowest BCUT2D eigenvalue weighted by Crippen LogP contribution is -2.38. The number of rotatable bonds is 4. The van der Waals surface area contributed by atoms with Crippen LogP contribution in [0, 0.1) is 12.7 Å². The lowest BCUT2D eigenvalue weighted by Gasteiger charge is -2.10. The van der Waals surface area contributed by atoms with Gasteiger partial charge in [-0.2, -0.15) is 0 Å². The predicted molar refractivity (Wildman–Crippen MR) is 95.3 cm³/mol. The van der Waals surface area contributed by atoms with Gasteiger partial charge in [-0.1, -0.05) is 12.1 Å². The van der Waals surface area contributed by atoms with E-state index in [1.807, 2.05) is 6.07 Å². The van der Waals surface area contributed by atoms with Crippen molar-refractivity contribution >= 4 is 32.3 Å². The summed E-state index contributed by atoms with van der Waals surface area (Å²) < 4.78 is 36.4.